The molecule has 1 saturated heterocycles. The van der Waals surface area contributed by atoms with E-state index in [9.17, 15) is 8.42 Å². The number of hydrogen-bond donors (Lipinski definition) is 0. The van der Waals surface area contributed by atoms with E-state index in [0.29, 0.717) is 11.7 Å². The average Bonchev–Trinajstić information content (AvgIpc) is 1.82. The molecule has 8 heavy (non-hydrogen) atoms. The maximum atomic E-state index is 10.6. The zero-order valence-corrected chi connectivity index (χ0v) is 6.26. The Labute approximate surface area is 53.0 Å². The summed E-state index contributed by atoms with van der Waals surface area (Å²) in [5.74, 6) is 1.52. The molecule has 0 aliphatic carbocycles. The molecule has 4 heteroatoms. The Kier molecular flexibility index (Phi) is 1.54. The van der Waals surface area contributed by atoms with Crippen LogP contribution in [0.1, 0.15) is 6.92 Å². The fourth-order valence-electron chi connectivity index (χ4n) is 0.665. The fraction of sp³-hybridized carbons (Fsp3) is 1.00. The molecule has 0 spiro atoms. The van der Waals surface area contributed by atoms with Gasteiger partial charge in [0.05, 0.1) is 5.75 Å². The van der Waals surface area contributed by atoms with Crippen LogP contribution in [-0.2, 0) is 8.87 Å². The summed E-state index contributed by atoms with van der Waals surface area (Å²) < 4.78 is 21.2. The molecule has 0 amide bonds. The van der Waals surface area contributed by atoms with Crippen LogP contribution in [0.2, 0.25) is 0 Å². The topological polar surface area (TPSA) is 34.1 Å². The summed E-state index contributed by atoms with van der Waals surface area (Å²) in [5, 5.41) is 0. The molecule has 48 valence electrons. The third-order valence-corrected chi connectivity index (χ3v) is 4.96. The minimum Gasteiger partial charge on any atom is -0.217 e. The molecule has 0 aromatic carbocycles. The molecule has 0 N–H and O–H groups in total. The van der Waals surface area contributed by atoms with E-state index in [1.165, 1.54) is 0 Å². The maximum Gasteiger partial charge on any atom is 0.201 e. The number of rotatable bonds is 0. The zero-order valence-electron chi connectivity index (χ0n) is 4.62. The third-order valence-electron chi connectivity index (χ3n) is 1.02. The van der Waals surface area contributed by atoms with Gasteiger partial charge in [-0.2, -0.15) is 0 Å². The second-order valence-corrected chi connectivity index (χ2v) is 6.36. The van der Waals surface area contributed by atoms with Crippen molar-refractivity contribution in [3.63, 3.8) is 0 Å². The third kappa shape index (κ3) is 1.39. The maximum absolute atomic E-state index is 10.6. The molecule has 0 aromatic heterocycles. The van der Waals surface area contributed by atoms with E-state index in [0.717, 1.165) is 16.5 Å². The summed E-state index contributed by atoms with van der Waals surface area (Å²) in [6.45, 7) is 1.96. The van der Waals surface area contributed by atoms with Gasteiger partial charge in [-0.3, -0.25) is 0 Å². The van der Waals surface area contributed by atoms with Gasteiger partial charge in [0.25, 0.3) is 0 Å². The number of hydrogen-bond acceptors (Lipinski definition) is 3. The van der Waals surface area contributed by atoms with Crippen molar-refractivity contribution in [2.45, 2.75) is 6.92 Å². The molecular weight excluding hydrogens is 144 g/mol. The predicted octanol–water partition coefficient (Wildman–Crippen LogP) is 0.699. The molecule has 2 nitrogen and oxygen atoms in total. The molecule has 1 aliphatic rings. The Morgan fingerprint density at radius 1 is 1.62 bits per heavy atom. The van der Waals surface area contributed by atoms with Crippen LogP contribution in [0.25, 0.3) is 0 Å². The molecule has 0 radical (unpaired) electrons. The highest BCUT2D eigenvalue weighted by Gasteiger charge is 2.24. The minimum absolute atomic E-state index is 0.366. The normalized spacial score (nSPS) is 35.4. The minimum atomic E-state index is -2.68. The lowest BCUT2D eigenvalue weighted by Crippen LogP contribution is -1.99. The first kappa shape index (κ1) is 6.42. The van der Waals surface area contributed by atoms with Gasteiger partial charge in [-0.1, -0.05) is 6.92 Å². The van der Waals surface area contributed by atoms with Crippen molar-refractivity contribution in [3.8, 4) is 0 Å². The highest BCUT2D eigenvalue weighted by Crippen LogP contribution is 2.27. The van der Waals surface area contributed by atoms with E-state index in [4.69, 9.17) is 0 Å². The van der Waals surface area contributed by atoms with Crippen LogP contribution in [0.4, 0.5) is 0 Å². The molecule has 0 bridgehead atoms. The van der Waals surface area contributed by atoms with E-state index in [1.807, 2.05) is 6.92 Å². The summed E-state index contributed by atoms with van der Waals surface area (Å²) in [6, 6.07) is 0. The van der Waals surface area contributed by atoms with Crippen molar-refractivity contribution in [3.05, 3.63) is 0 Å². The van der Waals surface area contributed by atoms with Gasteiger partial charge >= 0.3 is 0 Å². The van der Waals surface area contributed by atoms with Crippen molar-refractivity contribution in [1.29, 1.82) is 0 Å². The summed E-state index contributed by atoms with van der Waals surface area (Å²) in [6.07, 6.45) is 0. The lowest BCUT2D eigenvalue weighted by Gasteiger charge is -1.88. The quantitative estimate of drug-likeness (QED) is 0.479. The van der Waals surface area contributed by atoms with Crippen LogP contribution in [0.3, 0.4) is 0 Å². The lowest BCUT2D eigenvalue weighted by molar-refractivity contribution is 0.603. The van der Waals surface area contributed by atoms with Crippen molar-refractivity contribution in [1.82, 2.24) is 0 Å². The van der Waals surface area contributed by atoms with Crippen molar-refractivity contribution in [2.24, 2.45) is 5.92 Å². The van der Waals surface area contributed by atoms with Crippen molar-refractivity contribution >= 4 is 19.7 Å². The Morgan fingerprint density at radius 3 is 2.38 bits per heavy atom. The molecule has 0 aromatic rings. The van der Waals surface area contributed by atoms with E-state index in [-0.39, 0.29) is 0 Å². The molecule has 1 aliphatic heterocycles. The molecule has 0 saturated carbocycles. The monoisotopic (exact) mass is 152 g/mol. The van der Waals surface area contributed by atoms with Gasteiger partial charge in [0.15, 0.2) is 0 Å². The Hall–Kier alpha value is 0.300. The average molecular weight is 152 g/mol. The highest BCUT2D eigenvalue weighted by molar-refractivity contribution is 8.72. The van der Waals surface area contributed by atoms with E-state index in [1.54, 1.807) is 0 Å². The van der Waals surface area contributed by atoms with E-state index < -0.39 is 8.87 Å². The van der Waals surface area contributed by atoms with Crippen LogP contribution < -0.4 is 0 Å². The standard InChI is InChI=1S/C4H8O2S2/c1-4-2-7-8(5,6)3-4/h4H,2-3H2,1H3. The molecular formula is C4H8O2S2. The second kappa shape index (κ2) is 1.92. The largest absolute Gasteiger partial charge is 0.217 e. The van der Waals surface area contributed by atoms with Gasteiger partial charge < -0.3 is 0 Å². The summed E-state index contributed by atoms with van der Waals surface area (Å²) in [4.78, 5) is 0. The summed E-state index contributed by atoms with van der Waals surface area (Å²) >= 11 is 0. The first-order chi connectivity index (χ1) is 3.60. The Morgan fingerprint density at radius 2 is 2.25 bits per heavy atom. The Bertz CT molecular complexity index is 170. The molecule has 1 fully saturated rings. The fourth-order valence-corrected chi connectivity index (χ4v) is 4.59. The van der Waals surface area contributed by atoms with Gasteiger partial charge in [-0.05, 0) is 16.7 Å². The van der Waals surface area contributed by atoms with Crippen LogP contribution in [-0.4, -0.2) is 19.9 Å². The van der Waals surface area contributed by atoms with Crippen molar-refractivity contribution < 1.29 is 8.42 Å². The summed E-state index contributed by atoms with van der Waals surface area (Å²) in [7, 11) is -1.60. The van der Waals surface area contributed by atoms with Crippen LogP contribution in [0, 0.1) is 5.92 Å². The smallest absolute Gasteiger partial charge is 0.201 e. The van der Waals surface area contributed by atoms with Crippen LogP contribution in [0.5, 0.6) is 0 Å². The summed E-state index contributed by atoms with van der Waals surface area (Å²) in [5.41, 5.74) is 0. The Balaban J connectivity index is 2.71. The SMILES string of the molecule is CC1CSS(=O)(=O)C1. The van der Waals surface area contributed by atoms with E-state index >= 15 is 0 Å². The molecule has 1 unspecified atom stereocenters. The van der Waals surface area contributed by atoms with Crippen molar-refractivity contribution in [2.75, 3.05) is 11.5 Å². The second-order valence-electron chi connectivity index (χ2n) is 2.11. The first-order valence-electron chi connectivity index (χ1n) is 2.47. The molecule has 1 rings (SSSR count). The zero-order chi connectivity index (χ0) is 6.20. The lowest BCUT2D eigenvalue weighted by atomic mass is 10.3. The van der Waals surface area contributed by atoms with Gasteiger partial charge in [0, 0.05) is 5.75 Å². The van der Waals surface area contributed by atoms with E-state index in [2.05, 4.69) is 0 Å². The molecule has 1 heterocycles. The van der Waals surface area contributed by atoms with Gasteiger partial charge in [-0.15, -0.1) is 0 Å². The van der Waals surface area contributed by atoms with Crippen LogP contribution in [0.15, 0.2) is 0 Å². The first-order valence-corrected chi connectivity index (χ1v) is 5.63. The van der Waals surface area contributed by atoms with Gasteiger partial charge in [0.2, 0.25) is 8.87 Å². The predicted molar refractivity (Wildman–Crippen MR) is 35.4 cm³/mol. The van der Waals surface area contributed by atoms with Crippen LogP contribution >= 0.6 is 10.8 Å². The van der Waals surface area contributed by atoms with Gasteiger partial charge in [-0.25, -0.2) is 8.42 Å². The molecule has 1 atom stereocenters. The van der Waals surface area contributed by atoms with Gasteiger partial charge in [0.1, 0.15) is 0 Å². The highest BCUT2D eigenvalue weighted by atomic mass is 33.1.